The van der Waals surface area contributed by atoms with Gasteiger partial charge in [0.1, 0.15) is 17.5 Å². The van der Waals surface area contributed by atoms with Gasteiger partial charge in [0.25, 0.3) is 0 Å². The zero-order chi connectivity index (χ0) is 14.2. The summed E-state index contributed by atoms with van der Waals surface area (Å²) in [6.45, 7) is 1.75. The first-order valence-corrected chi connectivity index (χ1v) is 6.36. The van der Waals surface area contributed by atoms with Gasteiger partial charge in [-0.05, 0) is 41.1 Å². The highest BCUT2D eigenvalue weighted by molar-refractivity contribution is 9.10. The predicted molar refractivity (Wildman–Crippen MR) is 71.2 cm³/mol. The molecule has 0 radical (unpaired) electrons. The molecule has 0 aliphatic heterocycles. The van der Waals surface area contributed by atoms with Gasteiger partial charge in [0.05, 0.1) is 10.5 Å². The molecule has 1 nitrogen and oxygen atoms in total. The van der Waals surface area contributed by atoms with Crippen molar-refractivity contribution in [1.82, 2.24) is 0 Å². The average Bonchev–Trinajstić information content (AvgIpc) is 2.37. The van der Waals surface area contributed by atoms with Crippen molar-refractivity contribution in [2.75, 3.05) is 0 Å². The standard InChI is InChI=1S/C14H11BrF3N/c1-7-2-4-10(16)8(6-7)14(19)12-11(17)5-3-9(15)13(12)18/h2-6,14H,19H2,1H3. The Morgan fingerprint density at radius 3 is 2.37 bits per heavy atom. The summed E-state index contributed by atoms with van der Waals surface area (Å²) in [7, 11) is 0. The highest BCUT2D eigenvalue weighted by Crippen LogP contribution is 2.30. The van der Waals surface area contributed by atoms with Crippen molar-refractivity contribution in [2.24, 2.45) is 5.73 Å². The lowest BCUT2D eigenvalue weighted by Gasteiger charge is -2.16. The Morgan fingerprint density at radius 1 is 1.05 bits per heavy atom. The van der Waals surface area contributed by atoms with Crippen LogP contribution in [0.2, 0.25) is 0 Å². The van der Waals surface area contributed by atoms with Gasteiger partial charge in [-0.1, -0.05) is 17.7 Å². The van der Waals surface area contributed by atoms with Gasteiger partial charge in [-0.3, -0.25) is 0 Å². The van der Waals surface area contributed by atoms with Gasteiger partial charge < -0.3 is 5.73 Å². The SMILES string of the molecule is Cc1ccc(F)c(C(N)c2c(F)ccc(Br)c2F)c1. The van der Waals surface area contributed by atoms with Gasteiger partial charge in [-0.2, -0.15) is 0 Å². The largest absolute Gasteiger partial charge is 0.320 e. The molecule has 5 heteroatoms. The fraction of sp³-hybridized carbons (Fsp3) is 0.143. The summed E-state index contributed by atoms with van der Waals surface area (Å²) in [6.07, 6.45) is 0. The van der Waals surface area contributed by atoms with E-state index < -0.39 is 23.5 Å². The molecule has 0 fully saturated rings. The molecule has 0 spiro atoms. The Bertz CT molecular complexity index is 628. The van der Waals surface area contributed by atoms with E-state index in [1.807, 2.05) is 0 Å². The summed E-state index contributed by atoms with van der Waals surface area (Å²) >= 11 is 2.96. The summed E-state index contributed by atoms with van der Waals surface area (Å²) in [6, 6.07) is 5.43. The van der Waals surface area contributed by atoms with Gasteiger partial charge in [-0.25, -0.2) is 13.2 Å². The third kappa shape index (κ3) is 2.67. The Labute approximate surface area is 117 Å². The van der Waals surface area contributed by atoms with Gasteiger partial charge in [0.15, 0.2) is 0 Å². The highest BCUT2D eigenvalue weighted by Gasteiger charge is 2.22. The molecule has 19 heavy (non-hydrogen) atoms. The summed E-state index contributed by atoms with van der Waals surface area (Å²) in [5.41, 5.74) is 6.30. The van der Waals surface area contributed by atoms with Crippen LogP contribution in [0.25, 0.3) is 0 Å². The Morgan fingerprint density at radius 2 is 1.68 bits per heavy atom. The first kappa shape index (κ1) is 14.1. The molecule has 0 saturated heterocycles. The van der Waals surface area contributed by atoms with Crippen molar-refractivity contribution in [1.29, 1.82) is 0 Å². The molecule has 2 rings (SSSR count). The third-order valence-electron chi connectivity index (χ3n) is 2.88. The van der Waals surface area contributed by atoms with Crippen LogP contribution in [0.5, 0.6) is 0 Å². The van der Waals surface area contributed by atoms with E-state index in [0.29, 0.717) is 0 Å². The van der Waals surface area contributed by atoms with Crippen molar-refractivity contribution in [3.63, 3.8) is 0 Å². The maximum Gasteiger partial charge on any atom is 0.145 e. The maximum atomic E-state index is 13.9. The van der Waals surface area contributed by atoms with Crippen molar-refractivity contribution in [3.05, 3.63) is 68.9 Å². The fourth-order valence-corrected chi connectivity index (χ4v) is 2.23. The number of hydrogen-bond acceptors (Lipinski definition) is 1. The van der Waals surface area contributed by atoms with Crippen LogP contribution in [0.4, 0.5) is 13.2 Å². The Hall–Kier alpha value is -1.33. The molecular formula is C14H11BrF3N. The molecule has 0 aromatic heterocycles. The summed E-state index contributed by atoms with van der Waals surface area (Å²) < 4.78 is 41.5. The van der Waals surface area contributed by atoms with Gasteiger partial charge in [0.2, 0.25) is 0 Å². The molecule has 2 N–H and O–H groups in total. The molecule has 100 valence electrons. The van der Waals surface area contributed by atoms with E-state index in [4.69, 9.17) is 5.73 Å². The minimum Gasteiger partial charge on any atom is -0.320 e. The van der Waals surface area contributed by atoms with Gasteiger partial charge >= 0.3 is 0 Å². The predicted octanol–water partition coefficient (Wildman–Crippen LogP) is 4.22. The summed E-state index contributed by atoms with van der Waals surface area (Å²) in [4.78, 5) is 0. The lowest BCUT2D eigenvalue weighted by molar-refractivity contribution is 0.529. The van der Waals surface area contributed by atoms with Gasteiger partial charge in [-0.15, -0.1) is 0 Å². The molecular weight excluding hydrogens is 319 g/mol. The molecule has 1 atom stereocenters. The van der Waals surface area contributed by atoms with E-state index in [9.17, 15) is 13.2 Å². The molecule has 2 aromatic carbocycles. The molecule has 0 saturated carbocycles. The first-order chi connectivity index (χ1) is 8.91. The van der Waals surface area contributed by atoms with Crippen molar-refractivity contribution in [3.8, 4) is 0 Å². The lowest BCUT2D eigenvalue weighted by atomic mass is 9.97. The maximum absolute atomic E-state index is 13.9. The highest BCUT2D eigenvalue weighted by atomic mass is 79.9. The van der Waals surface area contributed by atoms with Crippen molar-refractivity contribution in [2.45, 2.75) is 13.0 Å². The second-order valence-corrected chi connectivity index (χ2v) is 5.11. The molecule has 0 amide bonds. The van der Waals surface area contributed by atoms with E-state index >= 15 is 0 Å². The topological polar surface area (TPSA) is 26.0 Å². The van der Waals surface area contributed by atoms with E-state index in [2.05, 4.69) is 15.9 Å². The number of rotatable bonds is 2. The number of aryl methyl sites for hydroxylation is 1. The average molecular weight is 330 g/mol. The third-order valence-corrected chi connectivity index (χ3v) is 3.49. The lowest BCUT2D eigenvalue weighted by Crippen LogP contribution is -2.17. The second-order valence-electron chi connectivity index (χ2n) is 4.26. The number of halogens is 4. The first-order valence-electron chi connectivity index (χ1n) is 5.57. The van der Waals surface area contributed by atoms with Crippen molar-refractivity contribution >= 4 is 15.9 Å². The second kappa shape index (κ2) is 5.35. The van der Waals surface area contributed by atoms with E-state index in [-0.39, 0.29) is 15.6 Å². The minimum atomic E-state index is -1.20. The number of benzene rings is 2. The Kier molecular flexibility index (Phi) is 3.96. The van der Waals surface area contributed by atoms with Crippen LogP contribution in [0.1, 0.15) is 22.7 Å². The van der Waals surface area contributed by atoms with Crippen LogP contribution < -0.4 is 5.73 Å². The van der Waals surface area contributed by atoms with Crippen LogP contribution in [0, 0.1) is 24.4 Å². The monoisotopic (exact) mass is 329 g/mol. The normalized spacial score (nSPS) is 12.5. The van der Waals surface area contributed by atoms with Crippen LogP contribution >= 0.6 is 15.9 Å². The van der Waals surface area contributed by atoms with Crippen LogP contribution in [0.3, 0.4) is 0 Å². The van der Waals surface area contributed by atoms with E-state index in [0.717, 1.165) is 11.6 Å². The zero-order valence-electron chi connectivity index (χ0n) is 10.1. The molecule has 0 aliphatic rings. The quantitative estimate of drug-likeness (QED) is 0.820. The smallest absolute Gasteiger partial charge is 0.145 e. The molecule has 2 aromatic rings. The van der Waals surface area contributed by atoms with Crippen molar-refractivity contribution < 1.29 is 13.2 Å². The number of hydrogen-bond donors (Lipinski definition) is 1. The van der Waals surface area contributed by atoms with E-state index in [1.54, 1.807) is 13.0 Å². The van der Waals surface area contributed by atoms with Crippen LogP contribution in [0.15, 0.2) is 34.8 Å². The molecule has 0 aliphatic carbocycles. The minimum absolute atomic E-state index is 0.0656. The summed E-state index contributed by atoms with van der Waals surface area (Å²) in [5.74, 6) is -2.20. The zero-order valence-corrected chi connectivity index (χ0v) is 11.6. The molecule has 1 unspecified atom stereocenters. The van der Waals surface area contributed by atoms with Crippen LogP contribution in [-0.2, 0) is 0 Å². The van der Waals surface area contributed by atoms with E-state index in [1.165, 1.54) is 18.2 Å². The molecule has 0 bridgehead atoms. The fourth-order valence-electron chi connectivity index (χ4n) is 1.88. The Balaban J connectivity index is 2.59. The summed E-state index contributed by atoms with van der Waals surface area (Å²) in [5, 5.41) is 0. The van der Waals surface area contributed by atoms with Crippen LogP contribution in [-0.4, -0.2) is 0 Å². The number of nitrogens with two attached hydrogens (primary N) is 1. The molecule has 0 heterocycles. The van der Waals surface area contributed by atoms with Gasteiger partial charge in [0, 0.05) is 11.1 Å².